The highest BCUT2D eigenvalue weighted by Gasteiger charge is 2.30. The third-order valence-electron chi connectivity index (χ3n) is 6.87. The average Bonchev–Trinajstić information content (AvgIpc) is 2.96. The van der Waals surface area contributed by atoms with Crippen LogP contribution in [-0.4, -0.2) is 15.0 Å². The number of hydrogen-bond donors (Lipinski definition) is 0. The molecule has 38 heavy (non-hydrogen) atoms. The van der Waals surface area contributed by atoms with Crippen molar-refractivity contribution in [2.24, 2.45) is 0 Å². The molecular formula is C32H18F3N3. The lowest BCUT2D eigenvalue weighted by molar-refractivity contribution is -0.137. The van der Waals surface area contributed by atoms with E-state index in [1.54, 1.807) is 0 Å². The molecule has 0 spiro atoms. The largest absolute Gasteiger partial charge is 0.416 e. The van der Waals surface area contributed by atoms with Crippen molar-refractivity contribution in [3.8, 4) is 33.9 Å². The van der Waals surface area contributed by atoms with Gasteiger partial charge in [-0.25, -0.2) is 15.0 Å². The number of aromatic nitrogens is 3. The van der Waals surface area contributed by atoms with Gasteiger partial charge in [0.15, 0.2) is 5.82 Å². The van der Waals surface area contributed by atoms with Gasteiger partial charge in [0.1, 0.15) is 0 Å². The third kappa shape index (κ3) is 3.57. The first-order chi connectivity index (χ1) is 18.5. The van der Waals surface area contributed by atoms with Crippen LogP contribution in [0.1, 0.15) is 5.56 Å². The van der Waals surface area contributed by atoms with Crippen molar-refractivity contribution in [2.75, 3.05) is 0 Å². The summed E-state index contributed by atoms with van der Waals surface area (Å²) in [4.78, 5) is 14.7. The van der Waals surface area contributed by atoms with Crippen LogP contribution < -0.4 is 0 Å². The molecule has 0 fully saturated rings. The monoisotopic (exact) mass is 501 g/mol. The first-order valence-electron chi connectivity index (χ1n) is 12.1. The van der Waals surface area contributed by atoms with Gasteiger partial charge in [-0.05, 0) is 36.4 Å². The number of pyridine rings is 1. The van der Waals surface area contributed by atoms with Gasteiger partial charge in [0.2, 0.25) is 0 Å². The van der Waals surface area contributed by atoms with Gasteiger partial charge in [-0.3, -0.25) is 0 Å². The van der Waals surface area contributed by atoms with E-state index < -0.39 is 11.7 Å². The van der Waals surface area contributed by atoms with Crippen LogP contribution in [0.5, 0.6) is 0 Å². The molecule has 0 aliphatic heterocycles. The number of hydrogen-bond acceptors (Lipinski definition) is 3. The van der Waals surface area contributed by atoms with Gasteiger partial charge in [0.25, 0.3) is 0 Å². The molecule has 3 nitrogen and oxygen atoms in total. The number of nitrogens with zero attached hydrogens (tertiary/aromatic N) is 3. The minimum atomic E-state index is -4.40. The van der Waals surface area contributed by atoms with Crippen molar-refractivity contribution in [3.05, 3.63) is 115 Å². The fraction of sp³-hybridized carbons (Fsp3) is 0.0312. The first kappa shape index (κ1) is 22.4. The van der Waals surface area contributed by atoms with E-state index in [0.29, 0.717) is 11.4 Å². The Bertz CT molecular complexity index is 1830. The molecule has 182 valence electrons. The number of alkyl halides is 3. The fourth-order valence-corrected chi connectivity index (χ4v) is 5.10. The van der Waals surface area contributed by atoms with Crippen LogP contribution in [0, 0.1) is 0 Å². The van der Waals surface area contributed by atoms with Crippen LogP contribution in [0.2, 0.25) is 0 Å². The summed E-state index contributed by atoms with van der Waals surface area (Å²) in [6.45, 7) is 0. The second-order valence-corrected chi connectivity index (χ2v) is 9.18. The molecule has 0 bridgehead atoms. The maximum Gasteiger partial charge on any atom is 0.416 e. The van der Waals surface area contributed by atoms with Crippen molar-refractivity contribution < 1.29 is 13.2 Å². The van der Waals surface area contributed by atoms with Gasteiger partial charge in [-0.2, -0.15) is 13.2 Å². The summed E-state index contributed by atoms with van der Waals surface area (Å²) >= 11 is 0. The highest BCUT2D eigenvalue weighted by atomic mass is 19.4. The normalized spacial score (nSPS) is 12.1. The standard InChI is InChI=1S/C32H18F3N3/c33-32(34,35)22-13-11-21(12-14-22)31-36-25-17-15-23-27-24(16-18-26(37-31)28(25)27)30(20-9-5-2-6-10-20)38-29(23)19-7-3-1-4-8-19/h1-18H. The highest BCUT2D eigenvalue weighted by molar-refractivity contribution is 6.26. The number of rotatable bonds is 3. The minimum absolute atomic E-state index is 0.384. The minimum Gasteiger partial charge on any atom is -0.246 e. The van der Waals surface area contributed by atoms with Crippen molar-refractivity contribution in [1.82, 2.24) is 15.0 Å². The van der Waals surface area contributed by atoms with E-state index in [9.17, 15) is 13.2 Å². The van der Waals surface area contributed by atoms with Crippen LogP contribution in [0.4, 0.5) is 13.2 Å². The van der Waals surface area contributed by atoms with Crippen molar-refractivity contribution in [3.63, 3.8) is 0 Å². The Morgan fingerprint density at radius 1 is 0.447 bits per heavy atom. The Morgan fingerprint density at radius 2 is 0.947 bits per heavy atom. The lowest BCUT2D eigenvalue weighted by Gasteiger charge is -2.17. The van der Waals surface area contributed by atoms with Gasteiger partial charge in [0, 0.05) is 38.2 Å². The lowest BCUT2D eigenvalue weighted by Crippen LogP contribution is -2.04. The quantitative estimate of drug-likeness (QED) is 0.227. The van der Waals surface area contributed by atoms with Crippen LogP contribution in [-0.2, 0) is 6.18 Å². The third-order valence-corrected chi connectivity index (χ3v) is 6.87. The zero-order valence-electron chi connectivity index (χ0n) is 19.9. The molecule has 7 aromatic rings. The summed E-state index contributed by atoms with van der Waals surface area (Å²) in [5.41, 5.74) is 5.05. The maximum absolute atomic E-state index is 13.1. The highest BCUT2D eigenvalue weighted by Crippen LogP contribution is 2.42. The van der Waals surface area contributed by atoms with Crippen LogP contribution in [0.3, 0.4) is 0 Å². The van der Waals surface area contributed by atoms with Gasteiger partial charge >= 0.3 is 6.18 Å². The molecule has 2 aromatic heterocycles. The molecule has 0 saturated carbocycles. The summed E-state index contributed by atoms with van der Waals surface area (Å²) in [6.07, 6.45) is -4.40. The van der Waals surface area contributed by atoms with Gasteiger partial charge in [-0.15, -0.1) is 0 Å². The predicted molar refractivity (Wildman–Crippen MR) is 145 cm³/mol. The molecule has 0 aliphatic carbocycles. The Morgan fingerprint density at radius 3 is 1.42 bits per heavy atom. The van der Waals surface area contributed by atoms with E-state index in [4.69, 9.17) is 15.0 Å². The van der Waals surface area contributed by atoms with E-state index in [-0.39, 0.29) is 0 Å². The molecule has 5 aromatic carbocycles. The van der Waals surface area contributed by atoms with Crippen LogP contribution in [0.15, 0.2) is 109 Å². The number of halogens is 3. The summed E-state index contributed by atoms with van der Waals surface area (Å²) < 4.78 is 39.2. The SMILES string of the molecule is FC(F)(F)c1ccc(-c2nc3ccc4c(-c5ccccc5)nc(-c5ccccc5)c5ccc(n2)c3c45)cc1. The average molecular weight is 502 g/mol. The Balaban J connectivity index is 1.52. The topological polar surface area (TPSA) is 38.7 Å². The Labute approximate surface area is 215 Å². The van der Waals surface area contributed by atoms with Gasteiger partial charge in [-0.1, -0.05) is 72.8 Å². The van der Waals surface area contributed by atoms with Crippen molar-refractivity contribution in [2.45, 2.75) is 6.18 Å². The zero-order chi connectivity index (χ0) is 25.9. The molecule has 0 amide bonds. The molecule has 0 aliphatic rings. The molecule has 0 N–H and O–H groups in total. The van der Waals surface area contributed by atoms with E-state index >= 15 is 0 Å². The lowest BCUT2D eigenvalue weighted by atomic mass is 9.93. The van der Waals surface area contributed by atoms with Crippen LogP contribution in [0.25, 0.3) is 66.5 Å². The van der Waals surface area contributed by atoms with Gasteiger partial charge in [0.05, 0.1) is 28.0 Å². The Hall–Kier alpha value is -4.84. The first-order valence-corrected chi connectivity index (χ1v) is 12.1. The van der Waals surface area contributed by atoms with E-state index in [1.165, 1.54) is 12.1 Å². The molecule has 0 saturated heterocycles. The number of benzene rings is 5. The zero-order valence-corrected chi connectivity index (χ0v) is 19.9. The molecule has 0 radical (unpaired) electrons. The predicted octanol–water partition coefficient (Wildman–Crippen LogP) is 8.79. The molecule has 0 atom stereocenters. The van der Waals surface area contributed by atoms with Crippen molar-refractivity contribution in [1.29, 1.82) is 0 Å². The second-order valence-electron chi connectivity index (χ2n) is 9.18. The molecular weight excluding hydrogens is 483 g/mol. The smallest absolute Gasteiger partial charge is 0.246 e. The van der Waals surface area contributed by atoms with Crippen molar-refractivity contribution >= 4 is 32.6 Å². The molecule has 6 heteroatoms. The van der Waals surface area contributed by atoms with Crippen LogP contribution >= 0.6 is 0 Å². The molecule has 7 rings (SSSR count). The summed E-state index contributed by atoms with van der Waals surface area (Å²) in [5.74, 6) is 0.384. The van der Waals surface area contributed by atoms with E-state index in [1.807, 2.05) is 84.9 Å². The second kappa shape index (κ2) is 8.35. The van der Waals surface area contributed by atoms with E-state index in [0.717, 1.165) is 67.2 Å². The molecule has 2 heterocycles. The molecule has 0 unspecified atom stereocenters. The maximum atomic E-state index is 13.1. The van der Waals surface area contributed by atoms with E-state index in [2.05, 4.69) is 0 Å². The summed E-state index contributed by atoms with van der Waals surface area (Å²) in [6, 6.07) is 33.0. The Kier molecular flexibility index (Phi) is 4.91. The fourth-order valence-electron chi connectivity index (χ4n) is 5.10. The van der Waals surface area contributed by atoms with Gasteiger partial charge < -0.3 is 0 Å². The summed E-state index contributed by atoms with van der Waals surface area (Å²) in [5, 5.41) is 3.92. The summed E-state index contributed by atoms with van der Waals surface area (Å²) in [7, 11) is 0.